The maximum absolute atomic E-state index is 13.7. The first-order chi connectivity index (χ1) is 14.6. The van der Waals surface area contributed by atoms with E-state index in [1.54, 1.807) is 18.2 Å². The molecule has 4 heterocycles. The van der Waals surface area contributed by atoms with Crippen LogP contribution < -0.4 is 5.32 Å². The second-order valence-corrected chi connectivity index (χ2v) is 12.7. The molecule has 3 atom stereocenters. The van der Waals surface area contributed by atoms with Gasteiger partial charge in [0.2, 0.25) is 15.9 Å². The quantitative estimate of drug-likeness (QED) is 0.771. The number of amides is 1. The number of likely N-dealkylation sites (tertiary alicyclic amines) is 1. The molecule has 3 saturated heterocycles. The van der Waals surface area contributed by atoms with Gasteiger partial charge in [0.15, 0.2) is 0 Å². The zero-order chi connectivity index (χ0) is 22.0. The van der Waals surface area contributed by atoms with Crippen LogP contribution in [0.25, 0.3) is 0 Å². The Kier molecular flexibility index (Phi) is 5.22. The fourth-order valence-corrected chi connectivity index (χ4v) is 8.10. The van der Waals surface area contributed by atoms with Gasteiger partial charge >= 0.3 is 0 Å². The monoisotopic (exact) mass is 445 g/mol. The number of rotatable bonds is 3. The Labute approximate surface area is 186 Å². The SMILES string of the molecule is CC1CCN(C2C[C@H]3CC[C@@H](C2)N3S(=O)(=O)c2ccc3c(c2)CC(C)(C)C(=O)N3)CC1. The van der Waals surface area contributed by atoms with Crippen LogP contribution in [0.1, 0.15) is 64.9 Å². The van der Waals surface area contributed by atoms with Crippen molar-refractivity contribution in [1.29, 1.82) is 0 Å². The molecule has 1 aromatic carbocycles. The smallest absolute Gasteiger partial charge is 0.243 e. The molecule has 1 amide bonds. The van der Waals surface area contributed by atoms with Gasteiger partial charge in [0.1, 0.15) is 0 Å². The molecule has 0 aromatic heterocycles. The summed E-state index contributed by atoms with van der Waals surface area (Å²) in [5.41, 5.74) is 1.12. The van der Waals surface area contributed by atoms with Gasteiger partial charge in [-0.1, -0.05) is 20.8 Å². The minimum atomic E-state index is -3.54. The zero-order valence-electron chi connectivity index (χ0n) is 18.9. The van der Waals surface area contributed by atoms with E-state index in [9.17, 15) is 13.2 Å². The van der Waals surface area contributed by atoms with Crippen LogP contribution in [0.3, 0.4) is 0 Å². The number of benzene rings is 1. The number of piperidine rings is 2. The van der Waals surface area contributed by atoms with Crippen LogP contribution in [0, 0.1) is 11.3 Å². The van der Waals surface area contributed by atoms with Gasteiger partial charge < -0.3 is 10.2 Å². The molecule has 1 aromatic rings. The minimum absolute atomic E-state index is 0.0113. The molecule has 1 unspecified atom stereocenters. The number of hydrogen-bond acceptors (Lipinski definition) is 4. The van der Waals surface area contributed by atoms with Crippen molar-refractivity contribution in [2.24, 2.45) is 11.3 Å². The van der Waals surface area contributed by atoms with Crippen LogP contribution in [0.2, 0.25) is 0 Å². The Bertz CT molecular complexity index is 968. The van der Waals surface area contributed by atoms with E-state index in [1.165, 1.54) is 12.8 Å². The Hall–Kier alpha value is -1.44. The lowest BCUT2D eigenvalue weighted by Crippen LogP contribution is -2.53. The standard InChI is InChI=1S/C24H35N3O3S/c1-16-8-10-26(11-9-16)20-13-18-4-5-19(14-20)27(18)31(29,30)21-6-7-22-17(12-21)15-24(2,3)23(28)25-22/h6-7,12,16,18-20H,4-5,8-11,13-15H2,1-3H3,(H,25,28)/t18-,19+,20?. The summed E-state index contributed by atoms with van der Waals surface area (Å²) < 4.78 is 29.3. The molecule has 0 spiro atoms. The van der Waals surface area contributed by atoms with E-state index in [2.05, 4.69) is 17.1 Å². The fourth-order valence-electron chi connectivity index (χ4n) is 6.16. The maximum Gasteiger partial charge on any atom is 0.243 e. The first kappa shape index (κ1) is 21.4. The summed E-state index contributed by atoms with van der Waals surface area (Å²) in [7, 11) is -3.54. The summed E-state index contributed by atoms with van der Waals surface area (Å²) in [6.45, 7) is 8.45. The molecule has 3 fully saturated rings. The number of hydrogen-bond donors (Lipinski definition) is 1. The molecule has 4 aliphatic rings. The minimum Gasteiger partial charge on any atom is -0.325 e. The molecular formula is C24H35N3O3S. The van der Waals surface area contributed by atoms with Gasteiger partial charge in [-0.05, 0) is 87.7 Å². The molecular weight excluding hydrogens is 410 g/mol. The Morgan fingerprint density at radius 1 is 1.00 bits per heavy atom. The number of carbonyl (C=O) groups excluding carboxylic acids is 1. The first-order valence-corrected chi connectivity index (χ1v) is 13.3. The van der Waals surface area contributed by atoms with Crippen LogP contribution in [0.15, 0.2) is 23.1 Å². The molecule has 170 valence electrons. The van der Waals surface area contributed by atoms with Gasteiger partial charge in [0.25, 0.3) is 0 Å². The average molecular weight is 446 g/mol. The third-order valence-electron chi connectivity index (χ3n) is 8.12. The van der Waals surface area contributed by atoms with Gasteiger partial charge in [-0.2, -0.15) is 4.31 Å². The van der Waals surface area contributed by atoms with Crippen molar-refractivity contribution < 1.29 is 13.2 Å². The van der Waals surface area contributed by atoms with E-state index >= 15 is 0 Å². The molecule has 1 N–H and O–H groups in total. The van der Waals surface area contributed by atoms with E-state index < -0.39 is 15.4 Å². The predicted molar refractivity (Wildman–Crippen MR) is 121 cm³/mol. The highest BCUT2D eigenvalue weighted by Gasteiger charge is 2.48. The second-order valence-electron chi connectivity index (χ2n) is 10.9. The summed E-state index contributed by atoms with van der Waals surface area (Å²) in [5, 5.41) is 2.93. The van der Waals surface area contributed by atoms with Gasteiger partial charge in [-0.25, -0.2) is 8.42 Å². The molecule has 6 nitrogen and oxygen atoms in total. The summed E-state index contributed by atoms with van der Waals surface area (Å²) in [5.74, 6) is 0.801. The van der Waals surface area contributed by atoms with Crippen molar-refractivity contribution in [3.05, 3.63) is 23.8 Å². The van der Waals surface area contributed by atoms with E-state index in [1.807, 2.05) is 18.2 Å². The molecule has 0 saturated carbocycles. The molecule has 31 heavy (non-hydrogen) atoms. The topological polar surface area (TPSA) is 69.7 Å². The van der Waals surface area contributed by atoms with Gasteiger partial charge in [0.05, 0.1) is 4.90 Å². The van der Waals surface area contributed by atoms with Gasteiger partial charge in [-0.15, -0.1) is 0 Å². The van der Waals surface area contributed by atoms with E-state index in [4.69, 9.17) is 0 Å². The number of nitrogens with zero attached hydrogens (tertiary/aromatic N) is 2. The zero-order valence-corrected chi connectivity index (χ0v) is 19.7. The van der Waals surface area contributed by atoms with Crippen molar-refractivity contribution in [1.82, 2.24) is 9.21 Å². The van der Waals surface area contributed by atoms with Crippen molar-refractivity contribution in [3.8, 4) is 0 Å². The first-order valence-electron chi connectivity index (χ1n) is 11.9. The highest BCUT2D eigenvalue weighted by molar-refractivity contribution is 7.89. The van der Waals surface area contributed by atoms with Gasteiger partial charge in [-0.3, -0.25) is 4.79 Å². The van der Waals surface area contributed by atoms with Crippen LogP contribution in [-0.4, -0.2) is 54.7 Å². The van der Waals surface area contributed by atoms with Crippen molar-refractivity contribution in [2.75, 3.05) is 18.4 Å². The van der Waals surface area contributed by atoms with Gasteiger partial charge in [0, 0.05) is 29.2 Å². The molecule has 5 rings (SSSR count). The Balaban J connectivity index is 1.37. The average Bonchev–Trinajstić information content (AvgIpc) is 3.00. The third-order valence-corrected chi connectivity index (χ3v) is 10.1. The van der Waals surface area contributed by atoms with Crippen LogP contribution in [0.5, 0.6) is 0 Å². The Morgan fingerprint density at radius 3 is 2.29 bits per heavy atom. The summed E-state index contributed by atoms with van der Waals surface area (Å²) in [6.07, 6.45) is 6.93. The maximum atomic E-state index is 13.7. The van der Waals surface area contributed by atoms with E-state index in [0.717, 1.165) is 55.9 Å². The highest BCUT2D eigenvalue weighted by Crippen LogP contribution is 2.43. The number of fused-ring (bicyclic) bond motifs is 3. The lowest BCUT2D eigenvalue weighted by molar-refractivity contribution is -0.124. The summed E-state index contributed by atoms with van der Waals surface area (Å²) in [4.78, 5) is 15.2. The summed E-state index contributed by atoms with van der Waals surface area (Å²) >= 11 is 0. The van der Waals surface area contributed by atoms with Crippen molar-refractivity contribution in [2.45, 2.75) is 88.7 Å². The van der Waals surface area contributed by atoms with E-state index in [0.29, 0.717) is 17.4 Å². The fraction of sp³-hybridized carbons (Fsp3) is 0.708. The van der Waals surface area contributed by atoms with Crippen molar-refractivity contribution in [3.63, 3.8) is 0 Å². The normalized spacial score (nSPS) is 32.0. The van der Waals surface area contributed by atoms with Crippen LogP contribution in [-0.2, 0) is 21.2 Å². The van der Waals surface area contributed by atoms with Crippen molar-refractivity contribution >= 4 is 21.6 Å². The molecule has 0 aliphatic carbocycles. The van der Waals surface area contributed by atoms with Crippen LogP contribution in [0.4, 0.5) is 5.69 Å². The summed E-state index contributed by atoms with van der Waals surface area (Å²) in [6, 6.07) is 5.98. The largest absolute Gasteiger partial charge is 0.325 e. The number of carbonyl (C=O) groups is 1. The molecule has 7 heteroatoms. The second kappa shape index (κ2) is 7.56. The number of sulfonamides is 1. The Morgan fingerprint density at radius 2 is 1.65 bits per heavy atom. The number of nitrogens with one attached hydrogen (secondary N) is 1. The molecule has 0 radical (unpaired) electrons. The highest BCUT2D eigenvalue weighted by atomic mass is 32.2. The van der Waals surface area contributed by atoms with E-state index in [-0.39, 0.29) is 18.0 Å². The van der Waals surface area contributed by atoms with Crippen LogP contribution >= 0.6 is 0 Å². The molecule has 2 bridgehead atoms. The lowest BCUT2D eigenvalue weighted by atomic mass is 9.81. The predicted octanol–water partition coefficient (Wildman–Crippen LogP) is 3.62. The molecule has 4 aliphatic heterocycles. The number of anilines is 1. The third kappa shape index (κ3) is 3.72. The lowest BCUT2D eigenvalue weighted by Gasteiger charge is -2.44.